The summed E-state index contributed by atoms with van der Waals surface area (Å²) in [4.78, 5) is 2.65. The molecule has 0 heterocycles. The lowest BCUT2D eigenvalue weighted by atomic mass is 9.96. The van der Waals surface area contributed by atoms with Gasteiger partial charge in [-0.15, -0.1) is 0 Å². The van der Waals surface area contributed by atoms with Gasteiger partial charge in [0.25, 0.3) is 0 Å². The summed E-state index contributed by atoms with van der Waals surface area (Å²) in [5, 5.41) is 0. The molecule has 2 N–H and O–H groups in total. The van der Waals surface area contributed by atoms with E-state index >= 15 is 0 Å². The summed E-state index contributed by atoms with van der Waals surface area (Å²) >= 11 is 0. The Morgan fingerprint density at radius 1 is 1.27 bits per heavy atom. The van der Waals surface area contributed by atoms with Crippen LogP contribution in [0.5, 0.6) is 0 Å². The van der Waals surface area contributed by atoms with E-state index in [1.165, 1.54) is 45.1 Å². The zero-order valence-corrected chi connectivity index (χ0v) is 10.3. The molecule has 0 spiro atoms. The highest BCUT2D eigenvalue weighted by atomic mass is 15.2. The smallest absolute Gasteiger partial charge is 0.0283 e. The molecule has 0 radical (unpaired) electrons. The molecule has 0 aromatic carbocycles. The third-order valence-electron chi connectivity index (χ3n) is 3.92. The van der Waals surface area contributed by atoms with Gasteiger partial charge in [-0.25, -0.2) is 0 Å². The molecule has 2 heteroatoms. The van der Waals surface area contributed by atoms with Crippen LogP contribution in [0.1, 0.15) is 52.4 Å². The quantitative estimate of drug-likeness (QED) is 0.699. The summed E-state index contributed by atoms with van der Waals surface area (Å²) in [6.45, 7) is 6.92. The van der Waals surface area contributed by atoms with E-state index in [4.69, 9.17) is 5.73 Å². The normalized spacial score (nSPS) is 25.6. The van der Waals surface area contributed by atoms with Crippen molar-refractivity contribution in [3.05, 3.63) is 0 Å². The minimum absolute atomic E-state index is 0.0797. The van der Waals surface area contributed by atoms with E-state index < -0.39 is 0 Å². The highest BCUT2D eigenvalue weighted by molar-refractivity contribution is 4.99. The molecule has 88 valence electrons. The molecule has 2 rings (SSSR count). The van der Waals surface area contributed by atoms with Gasteiger partial charge >= 0.3 is 0 Å². The summed E-state index contributed by atoms with van der Waals surface area (Å²) in [5.41, 5.74) is 6.50. The van der Waals surface area contributed by atoms with Crippen molar-refractivity contribution in [1.82, 2.24) is 4.90 Å². The molecule has 2 saturated carbocycles. The zero-order valence-electron chi connectivity index (χ0n) is 10.3. The maximum atomic E-state index is 6.42. The van der Waals surface area contributed by atoms with Crippen molar-refractivity contribution >= 4 is 0 Å². The molecule has 2 aliphatic carbocycles. The van der Waals surface area contributed by atoms with Gasteiger partial charge in [0.1, 0.15) is 0 Å². The highest BCUT2D eigenvalue weighted by Gasteiger charge is 2.41. The molecule has 0 bridgehead atoms. The largest absolute Gasteiger partial charge is 0.324 e. The van der Waals surface area contributed by atoms with E-state index in [2.05, 4.69) is 18.7 Å². The highest BCUT2D eigenvalue weighted by Crippen LogP contribution is 2.39. The molecule has 0 aromatic heterocycles. The summed E-state index contributed by atoms with van der Waals surface area (Å²) < 4.78 is 0. The Labute approximate surface area is 94.2 Å². The van der Waals surface area contributed by atoms with Crippen LogP contribution < -0.4 is 5.73 Å². The first kappa shape index (κ1) is 11.4. The van der Waals surface area contributed by atoms with Crippen LogP contribution >= 0.6 is 0 Å². The Morgan fingerprint density at radius 2 is 1.93 bits per heavy atom. The van der Waals surface area contributed by atoms with Crippen LogP contribution in [-0.4, -0.2) is 29.6 Å². The Balaban J connectivity index is 1.81. The molecule has 15 heavy (non-hydrogen) atoms. The van der Waals surface area contributed by atoms with E-state index in [9.17, 15) is 0 Å². The zero-order chi connectivity index (χ0) is 10.9. The van der Waals surface area contributed by atoms with E-state index in [0.717, 1.165) is 18.5 Å². The molecule has 0 aliphatic heterocycles. The summed E-state index contributed by atoms with van der Waals surface area (Å²) in [6, 6.07) is 0.873. The number of hydrogen-bond donors (Lipinski definition) is 1. The average Bonchev–Trinajstić information content (AvgIpc) is 3.06. The summed E-state index contributed by atoms with van der Waals surface area (Å²) in [5.74, 6) is 0.806. The molecule has 1 unspecified atom stereocenters. The standard InChI is InChI=1S/C13H26N2/c1-3-4-9-15(12-7-8-12)10-13(2,14)11-5-6-11/h11-12H,3-10,14H2,1-2H3. The van der Waals surface area contributed by atoms with Crippen LogP contribution in [0, 0.1) is 5.92 Å². The molecule has 2 fully saturated rings. The summed E-state index contributed by atoms with van der Waals surface area (Å²) in [7, 11) is 0. The minimum atomic E-state index is 0.0797. The number of rotatable bonds is 7. The third-order valence-corrected chi connectivity index (χ3v) is 3.92. The van der Waals surface area contributed by atoms with Gasteiger partial charge in [-0.1, -0.05) is 13.3 Å². The first-order valence-corrected chi connectivity index (χ1v) is 6.66. The van der Waals surface area contributed by atoms with Gasteiger partial charge in [0.2, 0.25) is 0 Å². The van der Waals surface area contributed by atoms with Gasteiger partial charge in [0.15, 0.2) is 0 Å². The van der Waals surface area contributed by atoms with Crippen molar-refractivity contribution in [2.45, 2.75) is 64.0 Å². The molecule has 0 amide bonds. The Kier molecular flexibility index (Phi) is 3.36. The molecule has 1 atom stereocenters. The third kappa shape index (κ3) is 3.18. The van der Waals surface area contributed by atoms with Gasteiger partial charge in [0, 0.05) is 18.1 Å². The Hall–Kier alpha value is -0.0800. The van der Waals surface area contributed by atoms with Crippen LogP contribution in [0.2, 0.25) is 0 Å². The fourth-order valence-corrected chi connectivity index (χ4v) is 2.50. The van der Waals surface area contributed by atoms with Gasteiger partial charge in [-0.3, -0.25) is 4.90 Å². The fourth-order valence-electron chi connectivity index (χ4n) is 2.50. The van der Waals surface area contributed by atoms with Crippen molar-refractivity contribution in [1.29, 1.82) is 0 Å². The van der Waals surface area contributed by atoms with Gasteiger partial charge in [0.05, 0.1) is 0 Å². The van der Waals surface area contributed by atoms with Gasteiger partial charge < -0.3 is 5.73 Å². The molecule has 0 aromatic rings. The molecular weight excluding hydrogens is 184 g/mol. The maximum Gasteiger partial charge on any atom is 0.0283 e. The first-order valence-electron chi connectivity index (χ1n) is 6.66. The van der Waals surface area contributed by atoms with Crippen LogP contribution in [0.25, 0.3) is 0 Å². The fraction of sp³-hybridized carbons (Fsp3) is 1.00. The van der Waals surface area contributed by atoms with Crippen LogP contribution in [-0.2, 0) is 0 Å². The molecule has 0 saturated heterocycles. The van der Waals surface area contributed by atoms with E-state index in [1.807, 2.05) is 0 Å². The topological polar surface area (TPSA) is 29.3 Å². The molecule has 2 nitrogen and oxygen atoms in total. The Bertz CT molecular complexity index is 205. The van der Waals surface area contributed by atoms with Crippen molar-refractivity contribution < 1.29 is 0 Å². The second-order valence-corrected chi connectivity index (χ2v) is 5.84. The second-order valence-electron chi connectivity index (χ2n) is 5.84. The van der Waals surface area contributed by atoms with Gasteiger partial charge in [-0.2, -0.15) is 0 Å². The van der Waals surface area contributed by atoms with Crippen molar-refractivity contribution in [2.24, 2.45) is 11.7 Å². The number of nitrogens with zero attached hydrogens (tertiary/aromatic N) is 1. The number of hydrogen-bond acceptors (Lipinski definition) is 2. The summed E-state index contributed by atoms with van der Waals surface area (Å²) in [6.07, 6.45) is 8.17. The van der Waals surface area contributed by atoms with E-state index in [1.54, 1.807) is 0 Å². The number of nitrogens with two attached hydrogens (primary N) is 1. The minimum Gasteiger partial charge on any atom is -0.324 e. The molecular formula is C13H26N2. The lowest BCUT2D eigenvalue weighted by Gasteiger charge is -2.33. The monoisotopic (exact) mass is 210 g/mol. The van der Waals surface area contributed by atoms with Gasteiger partial charge in [-0.05, 0) is 51.5 Å². The maximum absolute atomic E-state index is 6.42. The second kappa shape index (κ2) is 4.42. The van der Waals surface area contributed by atoms with E-state index in [0.29, 0.717) is 0 Å². The van der Waals surface area contributed by atoms with Crippen LogP contribution in [0.4, 0.5) is 0 Å². The van der Waals surface area contributed by atoms with Crippen molar-refractivity contribution in [3.63, 3.8) is 0 Å². The van der Waals surface area contributed by atoms with Crippen LogP contribution in [0.3, 0.4) is 0 Å². The van der Waals surface area contributed by atoms with Crippen molar-refractivity contribution in [3.8, 4) is 0 Å². The average molecular weight is 210 g/mol. The van der Waals surface area contributed by atoms with E-state index in [-0.39, 0.29) is 5.54 Å². The van der Waals surface area contributed by atoms with Crippen molar-refractivity contribution in [2.75, 3.05) is 13.1 Å². The first-order chi connectivity index (χ1) is 7.13. The van der Waals surface area contributed by atoms with Crippen LogP contribution in [0.15, 0.2) is 0 Å². The number of unbranched alkanes of at least 4 members (excludes halogenated alkanes) is 1. The SMILES string of the molecule is CCCCN(CC(C)(N)C1CC1)C1CC1. The predicted octanol–water partition coefficient (Wildman–Crippen LogP) is 2.38. The predicted molar refractivity (Wildman–Crippen MR) is 64.8 cm³/mol. The lowest BCUT2D eigenvalue weighted by Crippen LogP contribution is -2.50. The lowest BCUT2D eigenvalue weighted by molar-refractivity contribution is 0.191. The molecule has 2 aliphatic rings. The Morgan fingerprint density at radius 3 is 2.40 bits per heavy atom.